The highest BCUT2D eigenvalue weighted by Gasteiger charge is 2.17. The Kier molecular flexibility index (Phi) is 14.1. The number of hydrogen-bond acceptors (Lipinski definition) is 2. The fourth-order valence-electron chi connectivity index (χ4n) is 4.16. The lowest BCUT2D eigenvalue weighted by Crippen LogP contribution is -2.39. The summed E-state index contributed by atoms with van der Waals surface area (Å²) in [5.41, 5.74) is 2.15. The lowest BCUT2D eigenvalue weighted by Gasteiger charge is -2.29. The Balaban J connectivity index is 2.00. The van der Waals surface area contributed by atoms with Crippen molar-refractivity contribution in [3.8, 4) is 5.75 Å². The first-order chi connectivity index (χ1) is 14.0. The van der Waals surface area contributed by atoms with Gasteiger partial charge in [0.25, 0.3) is 0 Å². The molecule has 0 amide bonds. The lowest BCUT2D eigenvalue weighted by atomic mass is 10.0. The molecule has 0 aliphatic carbocycles. The van der Waals surface area contributed by atoms with Crippen molar-refractivity contribution in [1.82, 2.24) is 4.98 Å². The van der Waals surface area contributed by atoms with Crippen LogP contribution in [0.15, 0.2) is 12.1 Å². The van der Waals surface area contributed by atoms with E-state index in [9.17, 15) is 0 Å². The standard InChI is InChI=1S/C26H49N2O/c1-6-7-8-9-10-11-12-13-14-15-16-17-18-19-22-28(3,4)23-25-20-21-26(29-5)24(2)27-25/h20-21H,6-19,22-23H2,1-5H3/q+1. The molecule has 0 N–H and O–H groups in total. The summed E-state index contributed by atoms with van der Waals surface area (Å²) in [6.07, 6.45) is 19.9. The predicted octanol–water partition coefficient (Wildman–Crippen LogP) is 7.46. The summed E-state index contributed by atoms with van der Waals surface area (Å²) in [5, 5.41) is 0. The molecule has 29 heavy (non-hydrogen) atoms. The zero-order valence-corrected chi connectivity index (χ0v) is 20.3. The Morgan fingerprint density at radius 3 is 1.69 bits per heavy atom. The normalized spacial score (nSPS) is 11.8. The number of nitrogens with zero attached hydrogens (tertiary/aromatic N) is 2. The highest BCUT2D eigenvalue weighted by molar-refractivity contribution is 5.27. The van der Waals surface area contributed by atoms with Crippen LogP contribution in [0.2, 0.25) is 0 Å². The molecular formula is C26H49N2O+. The molecule has 1 aromatic rings. The van der Waals surface area contributed by atoms with E-state index in [0.717, 1.165) is 22.5 Å². The van der Waals surface area contributed by atoms with Crippen LogP contribution < -0.4 is 4.74 Å². The fraction of sp³-hybridized carbons (Fsp3) is 0.808. The second-order valence-electron chi connectivity index (χ2n) is 9.50. The fourth-order valence-corrected chi connectivity index (χ4v) is 4.16. The van der Waals surface area contributed by atoms with Gasteiger partial charge in [-0.05, 0) is 31.9 Å². The van der Waals surface area contributed by atoms with Crippen molar-refractivity contribution in [1.29, 1.82) is 0 Å². The van der Waals surface area contributed by atoms with Gasteiger partial charge in [0.05, 0.1) is 39.1 Å². The van der Waals surface area contributed by atoms with Gasteiger partial charge in [-0.2, -0.15) is 0 Å². The van der Waals surface area contributed by atoms with E-state index in [-0.39, 0.29) is 0 Å². The molecule has 3 heteroatoms. The van der Waals surface area contributed by atoms with Crippen molar-refractivity contribution in [2.24, 2.45) is 0 Å². The summed E-state index contributed by atoms with van der Waals surface area (Å²) in [6, 6.07) is 4.15. The van der Waals surface area contributed by atoms with Gasteiger partial charge in [-0.1, -0.05) is 84.0 Å². The third-order valence-corrected chi connectivity index (χ3v) is 6.02. The zero-order valence-electron chi connectivity index (χ0n) is 20.3. The van der Waals surface area contributed by atoms with E-state index >= 15 is 0 Å². The number of pyridine rings is 1. The van der Waals surface area contributed by atoms with E-state index in [4.69, 9.17) is 9.72 Å². The van der Waals surface area contributed by atoms with Crippen LogP contribution in [0, 0.1) is 6.92 Å². The molecule has 0 atom stereocenters. The van der Waals surface area contributed by atoms with Crippen LogP contribution in [0.1, 0.15) is 108 Å². The highest BCUT2D eigenvalue weighted by atomic mass is 16.5. The quantitative estimate of drug-likeness (QED) is 0.187. The molecule has 0 unspecified atom stereocenters. The molecule has 0 bridgehead atoms. The highest BCUT2D eigenvalue weighted by Crippen LogP contribution is 2.18. The molecule has 168 valence electrons. The van der Waals surface area contributed by atoms with Gasteiger partial charge >= 0.3 is 0 Å². The first-order valence-corrected chi connectivity index (χ1v) is 12.3. The van der Waals surface area contributed by atoms with E-state index in [0.29, 0.717) is 0 Å². The third kappa shape index (κ3) is 12.9. The Bertz CT molecular complexity index is 527. The SMILES string of the molecule is CCCCCCCCCCCCCCCC[N+](C)(C)Cc1ccc(OC)c(C)n1. The van der Waals surface area contributed by atoms with Gasteiger partial charge in [0.1, 0.15) is 12.3 Å². The van der Waals surface area contributed by atoms with E-state index < -0.39 is 0 Å². The van der Waals surface area contributed by atoms with Crippen molar-refractivity contribution < 1.29 is 9.22 Å². The molecule has 0 saturated heterocycles. The summed E-state index contributed by atoms with van der Waals surface area (Å²) in [5.74, 6) is 0.881. The maximum Gasteiger partial charge on any atom is 0.140 e. The van der Waals surface area contributed by atoms with Crippen molar-refractivity contribution >= 4 is 0 Å². The Morgan fingerprint density at radius 1 is 0.759 bits per heavy atom. The van der Waals surface area contributed by atoms with Crippen molar-refractivity contribution in [3.63, 3.8) is 0 Å². The Morgan fingerprint density at radius 2 is 1.24 bits per heavy atom. The minimum Gasteiger partial charge on any atom is -0.495 e. The summed E-state index contributed by atoms with van der Waals surface area (Å²) in [4.78, 5) is 4.71. The van der Waals surface area contributed by atoms with E-state index in [1.165, 1.54) is 102 Å². The van der Waals surface area contributed by atoms with Crippen LogP contribution in [0.5, 0.6) is 5.75 Å². The third-order valence-electron chi connectivity index (χ3n) is 6.02. The second kappa shape index (κ2) is 15.7. The van der Waals surface area contributed by atoms with Gasteiger partial charge in [-0.3, -0.25) is 0 Å². The molecule has 0 aliphatic rings. The van der Waals surface area contributed by atoms with E-state index in [2.05, 4.69) is 27.1 Å². The van der Waals surface area contributed by atoms with Crippen molar-refractivity contribution in [3.05, 3.63) is 23.5 Å². The van der Waals surface area contributed by atoms with Gasteiger partial charge in [0, 0.05) is 0 Å². The molecule has 0 aliphatic heterocycles. The van der Waals surface area contributed by atoms with Crippen LogP contribution in [0.3, 0.4) is 0 Å². The van der Waals surface area contributed by atoms with Crippen molar-refractivity contribution in [2.75, 3.05) is 27.7 Å². The number of quaternary nitrogens is 1. The number of hydrogen-bond donors (Lipinski definition) is 0. The Labute approximate surface area is 181 Å². The number of aromatic nitrogens is 1. The first kappa shape index (κ1) is 25.9. The van der Waals surface area contributed by atoms with Gasteiger partial charge in [-0.15, -0.1) is 0 Å². The molecule has 0 spiro atoms. The van der Waals surface area contributed by atoms with Crippen molar-refractivity contribution in [2.45, 2.75) is 110 Å². The number of ether oxygens (including phenoxy) is 1. The van der Waals surface area contributed by atoms with E-state index in [1.807, 2.05) is 13.0 Å². The number of rotatable bonds is 18. The lowest BCUT2D eigenvalue weighted by molar-refractivity contribution is -0.904. The second-order valence-corrected chi connectivity index (χ2v) is 9.50. The van der Waals surface area contributed by atoms with Crippen LogP contribution in [-0.2, 0) is 6.54 Å². The van der Waals surface area contributed by atoms with Crippen LogP contribution in [-0.4, -0.2) is 37.2 Å². The molecule has 1 aromatic heterocycles. The summed E-state index contributed by atoms with van der Waals surface area (Å²) >= 11 is 0. The maximum absolute atomic E-state index is 5.32. The summed E-state index contributed by atoms with van der Waals surface area (Å²) in [6.45, 7) is 6.53. The minimum atomic E-state index is 0.881. The number of methoxy groups -OCH3 is 1. The topological polar surface area (TPSA) is 22.1 Å². The minimum absolute atomic E-state index is 0.881. The number of unbranched alkanes of at least 4 members (excludes halogenated alkanes) is 13. The molecule has 1 heterocycles. The molecule has 1 rings (SSSR count). The molecule has 0 radical (unpaired) electrons. The molecule has 0 saturated carbocycles. The summed E-state index contributed by atoms with van der Waals surface area (Å²) < 4.78 is 6.33. The summed E-state index contributed by atoms with van der Waals surface area (Å²) in [7, 11) is 6.35. The average molecular weight is 406 g/mol. The Hall–Kier alpha value is -1.09. The van der Waals surface area contributed by atoms with Gasteiger partial charge in [-0.25, -0.2) is 4.98 Å². The average Bonchev–Trinajstić information content (AvgIpc) is 2.68. The van der Waals surface area contributed by atoms with Gasteiger partial charge in [0.2, 0.25) is 0 Å². The monoisotopic (exact) mass is 405 g/mol. The van der Waals surface area contributed by atoms with Crippen LogP contribution >= 0.6 is 0 Å². The molecular weight excluding hydrogens is 356 g/mol. The molecule has 0 fully saturated rings. The van der Waals surface area contributed by atoms with Gasteiger partial charge in [0.15, 0.2) is 0 Å². The van der Waals surface area contributed by atoms with Crippen LogP contribution in [0.4, 0.5) is 0 Å². The van der Waals surface area contributed by atoms with Gasteiger partial charge < -0.3 is 9.22 Å². The van der Waals surface area contributed by atoms with E-state index in [1.54, 1.807) is 7.11 Å². The predicted molar refractivity (Wildman–Crippen MR) is 127 cm³/mol. The zero-order chi connectivity index (χ0) is 21.4. The largest absolute Gasteiger partial charge is 0.495 e. The number of aryl methyl sites for hydroxylation is 1. The smallest absolute Gasteiger partial charge is 0.140 e. The van der Waals surface area contributed by atoms with Crippen LogP contribution in [0.25, 0.3) is 0 Å². The molecule has 3 nitrogen and oxygen atoms in total. The molecule has 0 aromatic carbocycles. The first-order valence-electron chi connectivity index (χ1n) is 12.3. The maximum atomic E-state index is 5.32.